The number of sulfone groups is 1. The molecule has 1 fully saturated rings. The zero-order valence-electron chi connectivity index (χ0n) is 17.6. The Morgan fingerprint density at radius 3 is 2.69 bits per heavy atom. The van der Waals surface area contributed by atoms with Crippen molar-refractivity contribution in [1.29, 1.82) is 0 Å². The number of benzene rings is 1. The predicted octanol–water partition coefficient (Wildman–Crippen LogP) is 3.48. The van der Waals surface area contributed by atoms with Gasteiger partial charge in [-0.15, -0.1) is 0 Å². The number of hydrogen-bond acceptors (Lipinski definition) is 7. The second kappa shape index (κ2) is 8.31. The topological polar surface area (TPSA) is 103 Å². The number of fused-ring (bicyclic) bond motifs is 2. The number of pyridine rings is 1. The molecule has 1 saturated heterocycles. The summed E-state index contributed by atoms with van der Waals surface area (Å²) in [6.45, 7) is 3.67. The van der Waals surface area contributed by atoms with Crippen LogP contribution in [0.15, 0.2) is 41.5 Å². The minimum Gasteiger partial charge on any atom is -0.336 e. The molecule has 4 heterocycles. The zero-order valence-corrected chi connectivity index (χ0v) is 19.2. The first kappa shape index (κ1) is 21.1. The van der Waals surface area contributed by atoms with Crippen molar-refractivity contribution < 1.29 is 8.42 Å². The molecule has 2 aliphatic heterocycles. The summed E-state index contributed by atoms with van der Waals surface area (Å²) in [6.07, 6.45) is 2.57. The third-order valence-corrected chi connectivity index (χ3v) is 7.75. The summed E-state index contributed by atoms with van der Waals surface area (Å²) >= 11 is 6.53. The van der Waals surface area contributed by atoms with Gasteiger partial charge in [-0.05, 0) is 18.6 Å². The summed E-state index contributed by atoms with van der Waals surface area (Å²) < 4.78 is 23.5. The molecule has 0 amide bonds. The monoisotopic (exact) mass is 470 g/mol. The second-order valence-corrected chi connectivity index (χ2v) is 10.7. The summed E-state index contributed by atoms with van der Waals surface area (Å²) in [5.74, 6) is 1.04. The molecule has 0 spiro atoms. The molecular formula is C22H23ClN6O2S. The van der Waals surface area contributed by atoms with Crippen molar-refractivity contribution >= 4 is 44.3 Å². The molecule has 2 aliphatic rings. The van der Waals surface area contributed by atoms with Crippen LogP contribution in [0.25, 0.3) is 0 Å². The Morgan fingerprint density at radius 1 is 1.16 bits per heavy atom. The highest BCUT2D eigenvalue weighted by atomic mass is 35.5. The molecule has 1 aromatic carbocycles. The van der Waals surface area contributed by atoms with Gasteiger partial charge in [0.1, 0.15) is 5.69 Å². The fourth-order valence-corrected chi connectivity index (χ4v) is 5.50. The molecule has 2 N–H and O–H groups in total. The summed E-state index contributed by atoms with van der Waals surface area (Å²) in [5.41, 5.74) is 5.78. The number of anilines is 2. The maximum atomic E-state index is 11.7. The Labute approximate surface area is 191 Å². The SMILES string of the molecule is CCc1[nH]nc2c1N=C(c1ccccc1Cl)c1cnc(CN3CCS(=O)(=O)CC3)cc1N2. The van der Waals surface area contributed by atoms with Crippen LogP contribution in [-0.4, -0.2) is 58.8 Å². The number of aromatic amines is 1. The maximum Gasteiger partial charge on any atom is 0.178 e. The van der Waals surface area contributed by atoms with Crippen LogP contribution in [0.1, 0.15) is 29.4 Å². The van der Waals surface area contributed by atoms with Gasteiger partial charge in [0.25, 0.3) is 0 Å². The summed E-state index contributed by atoms with van der Waals surface area (Å²) in [7, 11) is -2.92. The number of rotatable bonds is 4. The summed E-state index contributed by atoms with van der Waals surface area (Å²) in [4.78, 5) is 11.8. The molecule has 166 valence electrons. The lowest BCUT2D eigenvalue weighted by molar-refractivity contribution is 0.284. The van der Waals surface area contributed by atoms with E-state index in [4.69, 9.17) is 16.6 Å². The van der Waals surface area contributed by atoms with Crippen molar-refractivity contribution in [1.82, 2.24) is 20.1 Å². The van der Waals surface area contributed by atoms with Crippen LogP contribution in [0.5, 0.6) is 0 Å². The molecule has 0 radical (unpaired) electrons. The van der Waals surface area contributed by atoms with Crippen LogP contribution < -0.4 is 5.32 Å². The predicted molar refractivity (Wildman–Crippen MR) is 126 cm³/mol. The molecular weight excluding hydrogens is 448 g/mol. The van der Waals surface area contributed by atoms with Crippen molar-refractivity contribution in [3.8, 4) is 0 Å². The zero-order chi connectivity index (χ0) is 22.3. The number of hydrogen-bond donors (Lipinski definition) is 2. The Kier molecular flexibility index (Phi) is 5.48. The van der Waals surface area contributed by atoms with E-state index in [9.17, 15) is 8.42 Å². The second-order valence-electron chi connectivity index (χ2n) is 7.97. The number of H-pyrrole nitrogens is 1. The lowest BCUT2D eigenvalue weighted by atomic mass is 10.0. The van der Waals surface area contributed by atoms with Crippen molar-refractivity contribution in [2.45, 2.75) is 19.9 Å². The molecule has 8 nitrogen and oxygen atoms in total. The summed E-state index contributed by atoms with van der Waals surface area (Å²) in [5, 5.41) is 11.5. The molecule has 0 aliphatic carbocycles. The maximum absolute atomic E-state index is 11.7. The highest BCUT2D eigenvalue weighted by molar-refractivity contribution is 7.91. The minimum atomic E-state index is -2.92. The lowest BCUT2D eigenvalue weighted by Crippen LogP contribution is -2.39. The van der Waals surface area contributed by atoms with Gasteiger partial charge in [0, 0.05) is 42.0 Å². The third-order valence-electron chi connectivity index (χ3n) is 5.81. The molecule has 0 atom stereocenters. The number of nitrogens with zero attached hydrogens (tertiary/aromatic N) is 4. The third kappa shape index (κ3) is 4.03. The quantitative estimate of drug-likeness (QED) is 0.473. The number of aliphatic imine (C=N–C) groups is 1. The minimum absolute atomic E-state index is 0.190. The van der Waals surface area contributed by atoms with Gasteiger partial charge in [0.2, 0.25) is 0 Å². The average Bonchev–Trinajstić information content (AvgIpc) is 3.08. The Bertz CT molecular complexity index is 1300. The van der Waals surface area contributed by atoms with Gasteiger partial charge in [0.15, 0.2) is 15.7 Å². The van der Waals surface area contributed by atoms with Crippen molar-refractivity contribution in [2.24, 2.45) is 4.99 Å². The first-order valence-corrected chi connectivity index (χ1v) is 12.7. The molecule has 5 rings (SSSR count). The fourth-order valence-electron chi connectivity index (χ4n) is 4.00. The van der Waals surface area contributed by atoms with E-state index in [2.05, 4.69) is 32.3 Å². The van der Waals surface area contributed by atoms with E-state index in [0.29, 0.717) is 30.5 Å². The van der Waals surface area contributed by atoms with Gasteiger partial charge >= 0.3 is 0 Å². The standard InChI is InChI=1S/C22H23ClN6O2S/c1-2-18-21-22(28-27-18)25-19-11-14(13-29-7-9-32(30,31)10-8-29)24-12-16(19)20(26-21)15-5-3-4-6-17(15)23/h3-6,11-12H,2,7-10,13H2,1H3,(H2,25,27,28). The molecule has 0 bridgehead atoms. The van der Waals surface area contributed by atoms with E-state index in [1.165, 1.54) is 0 Å². The van der Waals surface area contributed by atoms with Crippen LogP contribution in [0.4, 0.5) is 17.2 Å². The van der Waals surface area contributed by atoms with Gasteiger partial charge in [0.05, 0.1) is 34.3 Å². The van der Waals surface area contributed by atoms with E-state index in [0.717, 1.165) is 46.0 Å². The molecule has 10 heteroatoms. The van der Waals surface area contributed by atoms with Crippen LogP contribution >= 0.6 is 11.6 Å². The highest BCUT2D eigenvalue weighted by Gasteiger charge is 2.25. The Morgan fingerprint density at radius 2 is 1.94 bits per heavy atom. The lowest BCUT2D eigenvalue weighted by Gasteiger charge is -2.26. The van der Waals surface area contributed by atoms with Crippen LogP contribution in [0.2, 0.25) is 5.02 Å². The average molecular weight is 471 g/mol. The fraction of sp³-hybridized carbons (Fsp3) is 0.318. The summed E-state index contributed by atoms with van der Waals surface area (Å²) in [6, 6.07) is 9.61. The molecule has 32 heavy (non-hydrogen) atoms. The van der Waals surface area contributed by atoms with E-state index in [1.54, 1.807) is 0 Å². The van der Waals surface area contributed by atoms with Crippen LogP contribution in [0, 0.1) is 0 Å². The van der Waals surface area contributed by atoms with Crippen LogP contribution in [-0.2, 0) is 22.8 Å². The van der Waals surface area contributed by atoms with Crippen LogP contribution in [0.3, 0.4) is 0 Å². The highest BCUT2D eigenvalue weighted by Crippen LogP contribution is 2.37. The van der Waals surface area contributed by atoms with Gasteiger partial charge in [-0.3, -0.25) is 15.0 Å². The number of halogens is 1. The van der Waals surface area contributed by atoms with Gasteiger partial charge in [-0.2, -0.15) is 5.10 Å². The normalized spacial score (nSPS) is 17.6. The van der Waals surface area contributed by atoms with E-state index in [-0.39, 0.29) is 11.5 Å². The van der Waals surface area contributed by atoms with Gasteiger partial charge in [-0.25, -0.2) is 13.4 Å². The van der Waals surface area contributed by atoms with Gasteiger partial charge in [-0.1, -0.05) is 36.7 Å². The van der Waals surface area contributed by atoms with Crippen molar-refractivity contribution in [3.05, 3.63) is 64.1 Å². The smallest absolute Gasteiger partial charge is 0.178 e. The Balaban J connectivity index is 1.55. The first-order chi connectivity index (χ1) is 15.4. The van der Waals surface area contributed by atoms with Crippen molar-refractivity contribution in [2.75, 3.05) is 29.9 Å². The molecule has 2 aromatic heterocycles. The number of aromatic nitrogens is 3. The first-order valence-electron chi connectivity index (χ1n) is 10.5. The Hall–Kier alpha value is -2.75. The van der Waals surface area contributed by atoms with E-state index >= 15 is 0 Å². The molecule has 3 aromatic rings. The van der Waals surface area contributed by atoms with Gasteiger partial charge < -0.3 is 5.32 Å². The molecule has 0 saturated carbocycles. The van der Waals surface area contributed by atoms with E-state index in [1.807, 2.05) is 36.5 Å². The molecule has 0 unspecified atom stereocenters. The van der Waals surface area contributed by atoms with E-state index < -0.39 is 9.84 Å². The van der Waals surface area contributed by atoms with Crippen molar-refractivity contribution in [3.63, 3.8) is 0 Å². The largest absolute Gasteiger partial charge is 0.336 e. The number of nitrogens with one attached hydrogen (secondary N) is 2. The number of aryl methyl sites for hydroxylation is 1.